The zero-order chi connectivity index (χ0) is 30.7. The van der Waals surface area contributed by atoms with E-state index in [1.807, 2.05) is 26.0 Å². The highest BCUT2D eigenvalue weighted by Gasteiger charge is 2.77. The molecule has 0 aromatic heterocycles. The maximum absolute atomic E-state index is 17.8. The van der Waals surface area contributed by atoms with Crippen molar-refractivity contribution in [3.05, 3.63) is 58.7 Å². The summed E-state index contributed by atoms with van der Waals surface area (Å²) >= 11 is 7.11. The number of nitrogens with zero attached hydrogens (tertiary/aromatic N) is 1. The Hall–Kier alpha value is -2.02. The Bertz CT molecular complexity index is 1390. The van der Waals surface area contributed by atoms with Gasteiger partial charge in [0, 0.05) is 35.4 Å². The third-order valence-electron chi connectivity index (χ3n) is 11.0. The summed E-state index contributed by atoms with van der Waals surface area (Å²) in [6.07, 6.45) is 0.975. The van der Waals surface area contributed by atoms with Crippen molar-refractivity contribution in [2.75, 3.05) is 12.3 Å². The van der Waals surface area contributed by atoms with Crippen LogP contribution >= 0.6 is 23.4 Å². The number of alkyl halides is 2. The van der Waals surface area contributed by atoms with Crippen molar-refractivity contribution in [3.8, 4) is 11.8 Å². The van der Waals surface area contributed by atoms with E-state index in [0.29, 0.717) is 17.2 Å². The molecule has 1 aromatic rings. The van der Waals surface area contributed by atoms with Crippen LogP contribution in [-0.4, -0.2) is 56.5 Å². The normalized spacial score (nSPS) is 40.5. The highest BCUT2D eigenvalue weighted by Crippen LogP contribution is 2.75. The predicted molar refractivity (Wildman–Crippen MR) is 160 cm³/mol. The third kappa shape index (κ3) is 4.71. The lowest BCUT2D eigenvalue weighted by molar-refractivity contribution is -0.231. The maximum Gasteiger partial charge on any atom is 0.193 e. The van der Waals surface area contributed by atoms with Gasteiger partial charge in [0.25, 0.3) is 0 Å². The Morgan fingerprint density at radius 1 is 1.19 bits per heavy atom. The van der Waals surface area contributed by atoms with Crippen LogP contribution in [0.15, 0.2) is 48.1 Å². The smallest absolute Gasteiger partial charge is 0.193 e. The average Bonchev–Trinajstić information content (AvgIpc) is 3.14. The molecule has 0 amide bonds. The van der Waals surface area contributed by atoms with Crippen LogP contribution in [0.2, 0.25) is 5.02 Å². The second-order valence-corrected chi connectivity index (χ2v) is 14.5. The lowest BCUT2D eigenvalue weighted by Crippen LogP contribution is -2.71. The molecule has 2 N–H and O–H groups in total. The first-order valence-corrected chi connectivity index (χ1v) is 15.8. The Kier molecular flexibility index (Phi) is 8.35. The minimum atomic E-state index is -2.25. The van der Waals surface area contributed by atoms with E-state index in [-0.39, 0.29) is 42.5 Å². The summed E-state index contributed by atoms with van der Waals surface area (Å²) in [6.45, 7) is 7.47. The average molecular weight is 618 g/mol. The van der Waals surface area contributed by atoms with Gasteiger partial charge in [-0.15, -0.1) is 5.92 Å². The lowest BCUT2D eigenvalue weighted by atomic mass is 9.40. The van der Waals surface area contributed by atoms with E-state index in [4.69, 9.17) is 11.6 Å². The van der Waals surface area contributed by atoms with E-state index < -0.39 is 51.8 Å². The van der Waals surface area contributed by atoms with Crippen LogP contribution in [0.5, 0.6) is 0 Å². The van der Waals surface area contributed by atoms with E-state index in [0.717, 1.165) is 17.3 Å². The molecule has 4 aliphatic rings. The number of carbonyl (C=O) groups excluding carboxylic acids is 2. The van der Waals surface area contributed by atoms with Gasteiger partial charge < -0.3 is 10.3 Å². The van der Waals surface area contributed by atoms with E-state index in [1.165, 1.54) is 23.3 Å². The van der Waals surface area contributed by atoms with Crippen LogP contribution in [0.4, 0.5) is 8.78 Å². The topological polar surface area (TPSA) is 77.8 Å². The van der Waals surface area contributed by atoms with Gasteiger partial charge >= 0.3 is 0 Å². The molecule has 4 aliphatic carbocycles. The molecule has 9 unspecified atom stereocenters. The van der Waals surface area contributed by atoms with Crippen LogP contribution in [0.25, 0.3) is 0 Å². The van der Waals surface area contributed by atoms with Crippen LogP contribution < -0.4 is 0 Å². The largest absolute Gasteiger partial charge is 0.390 e. The van der Waals surface area contributed by atoms with E-state index in [9.17, 15) is 19.9 Å². The summed E-state index contributed by atoms with van der Waals surface area (Å²) in [7, 11) is 0. The number of carbonyl (C=O) groups is 2. The number of hydroxylamine groups is 2. The molecule has 42 heavy (non-hydrogen) atoms. The molecule has 0 bridgehead atoms. The number of ketones is 1. The van der Waals surface area contributed by atoms with E-state index >= 15 is 8.78 Å². The molecule has 3 saturated carbocycles. The zero-order valence-corrected chi connectivity index (χ0v) is 25.9. The number of aliphatic hydroxyl groups excluding tert-OH is 1. The minimum Gasteiger partial charge on any atom is -0.390 e. The summed E-state index contributed by atoms with van der Waals surface area (Å²) in [6, 6.07) is 7.11. The molecular formula is C33H38ClF2NO4S. The molecule has 0 aliphatic heterocycles. The number of fused-ring (bicyclic) bond motifs is 5. The van der Waals surface area contributed by atoms with E-state index in [1.54, 1.807) is 26.0 Å². The molecule has 0 radical (unpaired) electrons. The fourth-order valence-electron chi connectivity index (χ4n) is 8.88. The van der Waals surface area contributed by atoms with Crippen LogP contribution in [0, 0.1) is 45.8 Å². The quantitative estimate of drug-likeness (QED) is 0.286. The van der Waals surface area contributed by atoms with Gasteiger partial charge in [0.2, 0.25) is 0 Å². The number of rotatable bonds is 6. The Morgan fingerprint density at radius 3 is 2.55 bits per heavy atom. The molecule has 3 fully saturated rings. The van der Waals surface area contributed by atoms with Crippen molar-refractivity contribution in [2.24, 2.45) is 34.0 Å². The molecule has 0 saturated heterocycles. The van der Waals surface area contributed by atoms with Crippen LogP contribution in [0.1, 0.15) is 52.5 Å². The Labute approximate surface area is 255 Å². The fourth-order valence-corrected chi connectivity index (χ4v) is 10.00. The number of hydrogen-bond donors (Lipinski definition) is 2. The lowest BCUT2D eigenvalue weighted by Gasteiger charge is -2.66. The van der Waals surface area contributed by atoms with E-state index in [2.05, 4.69) is 11.8 Å². The molecule has 5 nitrogen and oxygen atoms in total. The summed E-state index contributed by atoms with van der Waals surface area (Å²) in [4.78, 5) is 26.1. The predicted octanol–water partition coefficient (Wildman–Crippen LogP) is 6.37. The Morgan fingerprint density at radius 2 is 1.88 bits per heavy atom. The first kappa shape index (κ1) is 31.4. The van der Waals surface area contributed by atoms with Crippen molar-refractivity contribution >= 4 is 34.3 Å². The van der Waals surface area contributed by atoms with Gasteiger partial charge in [-0.05, 0) is 85.3 Å². The summed E-state index contributed by atoms with van der Waals surface area (Å²) < 4.78 is 33.7. The second-order valence-electron chi connectivity index (χ2n) is 13.1. The SMILES string of the molecule is CC#CCSC(=O)C1C(CN(O)Cc2ccc(Cl)cc2)CC2(C)C3CC(F)C4=CC(=O)C=CC4(C)C3(F)C(O)CC12C. The first-order chi connectivity index (χ1) is 19.7. The summed E-state index contributed by atoms with van der Waals surface area (Å²) in [5.41, 5.74) is -4.62. The number of halogens is 3. The van der Waals surface area contributed by atoms with Crippen molar-refractivity contribution < 1.29 is 28.7 Å². The first-order valence-electron chi connectivity index (χ1n) is 14.4. The van der Waals surface area contributed by atoms with Crippen molar-refractivity contribution in [1.29, 1.82) is 0 Å². The monoisotopic (exact) mass is 617 g/mol. The second kappa shape index (κ2) is 11.2. The number of allylic oxidation sites excluding steroid dienone is 4. The molecular weight excluding hydrogens is 580 g/mol. The fraction of sp³-hybridized carbons (Fsp3) is 0.576. The van der Waals surface area contributed by atoms with Gasteiger partial charge in [0.15, 0.2) is 16.6 Å². The molecule has 0 heterocycles. The molecule has 226 valence electrons. The standard InChI is InChI=1S/C33H38ClF2NO4S/c1-5-6-13-42-29(40)28-21(19-37(41)18-20-7-9-22(34)10-8-20)16-31(3)26-15-25(35)24-14-23(38)11-12-30(24,2)33(26,36)27(39)17-32(28,31)4/h7-12,14,21,25-28,39,41H,13,15-19H2,1-4H3. The molecule has 5 rings (SSSR count). The van der Waals surface area contributed by atoms with Crippen molar-refractivity contribution in [3.63, 3.8) is 0 Å². The highest BCUT2D eigenvalue weighted by molar-refractivity contribution is 8.13. The number of aliphatic hydroxyl groups is 1. The Balaban J connectivity index is 1.54. The van der Waals surface area contributed by atoms with Crippen LogP contribution in [-0.2, 0) is 16.1 Å². The van der Waals surface area contributed by atoms with Gasteiger partial charge in [0.05, 0.1) is 11.9 Å². The third-order valence-corrected chi connectivity index (χ3v) is 12.1. The number of hydrogen-bond acceptors (Lipinski definition) is 6. The molecule has 0 spiro atoms. The highest BCUT2D eigenvalue weighted by atomic mass is 35.5. The summed E-state index contributed by atoms with van der Waals surface area (Å²) in [5, 5.41) is 24.4. The van der Waals surface area contributed by atoms with Gasteiger partial charge in [0.1, 0.15) is 6.17 Å². The van der Waals surface area contributed by atoms with Gasteiger partial charge in [-0.2, -0.15) is 5.06 Å². The van der Waals surface area contributed by atoms with Crippen molar-refractivity contribution in [2.45, 2.75) is 71.4 Å². The van der Waals surface area contributed by atoms with Crippen molar-refractivity contribution in [1.82, 2.24) is 5.06 Å². The maximum atomic E-state index is 17.8. The van der Waals surface area contributed by atoms with Crippen LogP contribution in [0.3, 0.4) is 0 Å². The zero-order valence-electron chi connectivity index (χ0n) is 24.4. The summed E-state index contributed by atoms with van der Waals surface area (Å²) in [5.74, 6) is 3.68. The molecule has 9 heteroatoms. The molecule has 1 aromatic carbocycles. The minimum absolute atomic E-state index is 0.00630. The number of thioether (sulfide) groups is 1. The van der Waals surface area contributed by atoms with Gasteiger partial charge in [-0.3, -0.25) is 9.59 Å². The van der Waals surface area contributed by atoms with Gasteiger partial charge in [-0.1, -0.05) is 61.3 Å². The molecule has 9 atom stereocenters. The van der Waals surface area contributed by atoms with Gasteiger partial charge in [-0.25, -0.2) is 8.78 Å². The number of benzene rings is 1.